The summed E-state index contributed by atoms with van der Waals surface area (Å²) in [7, 11) is 0. The van der Waals surface area contributed by atoms with Gasteiger partial charge >= 0.3 is 11.8 Å². The number of anilines is 1. The van der Waals surface area contributed by atoms with Crippen LogP contribution in [-0.2, 0) is 6.54 Å². The minimum Gasteiger partial charge on any atom is -0.465 e. The van der Waals surface area contributed by atoms with Gasteiger partial charge in [0.1, 0.15) is 11.5 Å². The van der Waals surface area contributed by atoms with Crippen molar-refractivity contribution in [2.75, 3.05) is 24.5 Å². The van der Waals surface area contributed by atoms with Gasteiger partial charge in [0, 0.05) is 25.7 Å². The molecule has 0 bridgehead atoms. The second kappa shape index (κ2) is 6.39. The lowest BCUT2D eigenvalue weighted by Crippen LogP contribution is -2.53. The molecule has 0 saturated carbocycles. The van der Waals surface area contributed by atoms with Crippen molar-refractivity contribution in [2.24, 2.45) is 0 Å². The number of fused-ring (bicyclic) bond motifs is 3. The molecule has 1 aromatic heterocycles. The highest BCUT2D eigenvalue weighted by Crippen LogP contribution is 2.27. The van der Waals surface area contributed by atoms with Gasteiger partial charge in [-0.1, -0.05) is 12.0 Å². The van der Waals surface area contributed by atoms with Crippen LogP contribution in [0.4, 0.5) is 19.4 Å². The first kappa shape index (κ1) is 17.0. The quantitative estimate of drug-likeness (QED) is 0.701. The Morgan fingerprint density at radius 1 is 1.22 bits per heavy atom. The second-order valence-corrected chi connectivity index (χ2v) is 6.32. The largest absolute Gasteiger partial charge is 0.465 e. The number of rotatable bonds is 0. The monoisotopic (exact) mass is 372 g/mol. The lowest BCUT2D eigenvalue weighted by Gasteiger charge is -2.36. The number of benzene rings is 1. The molecule has 27 heavy (non-hydrogen) atoms. The summed E-state index contributed by atoms with van der Waals surface area (Å²) in [6, 6.07) is 5.15. The van der Waals surface area contributed by atoms with Gasteiger partial charge in [-0.15, -0.1) is 0 Å². The van der Waals surface area contributed by atoms with Crippen LogP contribution in [0.3, 0.4) is 0 Å². The molecule has 2 aromatic rings. The van der Waals surface area contributed by atoms with Crippen LogP contribution >= 0.6 is 0 Å². The van der Waals surface area contributed by atoms with E-state index in [-0.39, 0.29) is 17.3 Å². The van der Waals surface area contributed by atoms with Gasteiger partial charge in [0.05, 0.1) is 18.2 Å². The van der Waals surface area contributed by atoms with E-state index in [1.807, 2.05) is 4.90 Å². The molecule has 0 spiro atoms. The summed E-state index contributed by atoms with van der Waals surface area (Å²) in [5.74, 6) is 3.67. The average Bonchev–Trinajstić information content (AvgIpc) is 3.01. The number of piperazine rings is 1. The van der Waals surface area contributed by atoms with Gasteiger partial charge in [-0.2, -0.15) is 4.98 Å². The molecule has 9 heteroatoms. The van der Waals surface area contributed by atoms with Crippen LogP contribution < -0.4 is 10.6 Å². The first-order valence-corrected chi connectivity index (χ1v) is 8.26. The molecular formula is C18H14F2N4O3. The number of hydrogen-bond acceptors (Lipinski definition) is 4. The Morgan fingerprint density at radius 2 is 2.04 bits per heavy atom. The predicted octanol–water partition coefficient (Wildman–Crippen LogP) is 1.10. The van der Waals surface area contributed by atoms with Crippen molar-refractivity contribution in [2.45, 2.75) is 12.6 Å². The minimum absolute atomic E-state index is 0.120. The van der Waals surface area contributed by atoms with E-state index in [1.54, 1.807) is 6.07 Å². The van der Waals surface area contributed by atoms with Crippen molar-refractivity contribution >= 4 is 11.9 Å². The Bertz CT molecular complexity index is 1060. The van der Waals surface area contributed by atoms with E-state index in [0.29, 0.717) is 32.0 Å². The van der Waals surface area contributed by atoms with Gasteiger partial charge in [0.15, 0.2) is 11.6 Å². The maximum Gasteiger partial charge on any atom is 0.407 e. The Kier molecular flexibility index (Phi) is 4.03. The molecular weight excluding hydrogens is 358 g/mol. The number of carboxylic acid groups (broad SMARTS) is 1. The summed E-state index contributed by atoms with van der Waals surface area (Å²) >= 11 is 0. The standard InChI is InChI=1S/C18H14F2N4O3/c19-14-3-1-2-11(16(14)20)4-5-12-8-15-23-7-6-22(18(26)27)9-13(23)10-24(15)17(25)21-12/h1-3,8,13H,6-7,9-10H2,(H,26,27). The number of halogens is 2. The fraction of sp³-hybridized carbons (Fsp3) is 0.278. The first-order valence-electron chi connectivity index (χ1n) is 8.26. The number of carbonyl (C=O) groups is 1. The lowest BCUT2D eigenvalue weighted by atomic mass is 10.2. The highest BCUT2D eigenvalue weighted by Gasteiger charge is 2.36. The smallest absolute Gasteiger partial charge is 0.407 e. The van der Waals surface area contributed by atoms with Crippen LogP contribution in [0.25, 0.3) is 0 Å². The molecule has 1 fully saturated rings. The fourth-order valence-corrected chi connectivity index (χ4v) is 3.40. The van der Waals surface area contributed by atoms with Gasteiger partial charge in [-0.3, -0.25) is 4.57 Å². The predicted molar refractivity (Wildman–Crippen MR) is 91.6 cm³/mol. The van der Waals surface area contributed by atoms with Gasteiger partial charge < -0.3 is 14.9 Å². The van der Waals surface area contributed by atoms with Crippen molar-refractivity contribution in [3.63, 3.8) is 0 Å². The molecule has 4 rings (SSSR count). The molecule has 1 unspecified atom stereocenters. The molecule has 1 N–H and O–H groups in total. The van der Waals surface area contributed by atoms with Crippen molar-refractivity contribution in [1.29, 1.82) is 0 Å². The topological polar surface area (TPSA) is 78.7 Å². The summed E-state index contributed by atoms with van der Waals surface area (Å²) in [5, 5.41) is 9.14. The molecule has 0 aliphatic carbocycles. The Balaban J connectivity index is 1.66. The van der Waals surface area contributed by atoms with Crippen molar-refractivity contribution in [3.05, 3.63) is 57.6 Å². The zero-order valence-corrected chi connectivity index (χ0v) is 14.0. The van der Waals surface area contributed by atoms with Crippen LogP contribution in [-0.4, -0.2) is 51.3 Å². The van der Waals surface area contributed by atoms with Crippen molar-refractivity contribution in [3.8, 4) is 11.8 Å². The Morgan fingerprint density at radius 3 is 2.81 bits per heavy atom. The number of aromatic nitrogens is 2. The van der Waals surface area contributed by atoms with Crippen LogP contribution in [0.5, 0.6) is 0 Å². The first-order chi connectivity index (χ1) is 12.9. The van der Waals surface area contributed by atoms with Gasteiger partial charge in [0.2, 0.25) is 0 Å². The highest BCUT2D eigenvalue weighted by molar-refractivity contribution is 5.66. The summed E-state index contributed by atoms with van der Waals surface area (Å²) in [6.45, 7) is 1.42. The third kappa shape index (κ3) is 2.99. The normalized spacial score (nSPS) is 17.8. The van der Waals surface area contributed by atoms with Gasteiger partial charge in [-0.25, -0.2) is 18.4 Å². The van der Waals surface area contributed by atoms with Crippen molar-refractivity contribution in [1.82, 2.24) is 14.5 Å². The van der Waals surface area contributed by atoms with E-state index in [1.165, 1.54) is 21.6 Å². The van der Waals surface area contributed by atoms with E-state index in [0.717, 1.165) is 6.07 Å². The summed E-state index contributed by atoms with van der Waals surface area (Å²) in [5.41, 5.74) is -0.477. The molecule has 1 atom stereocenters. The average molecular weight is 372 g/mol. The molecule has 138 valence electrons. The molecule has 2 aliphatic rings. The summed E-state index contributed by atoms with van der Waals surface area (Å²) in [4.78, 5) is 30.6. The molecule has 1 aromatic carbocycles. The fourth-order valence-electron chi connectivity index (χ4n) is 3.40. The van der Waals surface area contributed by atoms with Gasteiger partial charge in [0.25, 0.3) is 0 Å². The number of nitrogens with zero attached hydrogens (tertiary/aromatic N) is 4. The molecule has 2 aliphatic heterocycles. The maximum atomic E-state index is 13.7. The van der Waals surface area contributed by atoms with Crippen LogP contribution in [0.1, 0.15) is 11.3 Å². The molecule has 1 amide bonds. The second-order valence-electron chi connectivity index (χ2n) is 6.32. The van der Waals surface area contributed by atoms with Crippen LogP contribution in [0.15, 0.2) is 29.1 Å². The van der Waals surface area contributed by atoms with E-state index in [2.05, 4.69) is 16.8 Å². The minimum atomic E-state index is -1.05. The van der Waals surface area contributed by atoms with E-state index in [4.69, 9.17) is 5.11 Å². The van der Waals surface area contributed by atoms with E-state index in [9.17, 15) is 18.4 Å². The molecule has 0 radical (unpaired) electrons. The molecule has 1 saturated heterocycles. The van der Waals surface area contributed by atoms with E-state index < -0.39 is 23.4 Å². The summed E-state index contributed by atoms with van der Waals surface area (Å²) < 4.78 is 28.4. The molecule has 3 heterocycles. The van der Waals surface area contributed by atoms with Crippen molar-refractivity contribution < 1.29 is 18.7 Å². The zero-order chi connectivity index (χ0) is 19.1. The highest BCUT2D eigenvalue weighted by atomic mass is 19.2. The number of hydrogen-bond donors (Lipinski definition) is 1. The summed E-state index contributed by atoms with van der Waals surface area (Å²) in [6.07, 6.45) is -0.986. The van der Waals surface area contributed by atoms with Crippen LogP contribution in [0, 0.1) is 23.5 Å². The number of amides is 1. The lowest BCUT2D eigenvalue weighted by molar-refractivity contribution is 0.135. The van der Waals surface area contributed by atoms with Crippen LogP contribution in [0.2, 0.25) is 0 Å². The zero-order valence-electron chi connectivity index (χ0n) is 14.0. The third-order valence-electron chi connectivity index (χ3n) is 4.71. The Labute approximate surface area is 152 Å². The van der Waals surface area contributed by atoms with E-state index >= 15 is 0 Å². The SMILES string of the molecule is O=C(O)N1CCN2c3cc(C#Cc4cccc(F)c4F)nc(=O)n3CC2C1. The molecule has 7 nitrogen and oxygen atoms in total. The maximum absolute atomic E-state index is 13.7. The third-order valence-corrected chi connectivity index (χ3v) is 4.71. The Hall–Kier alpha value is -3.41. The van der Waals surface area contributed by atoms with Gasteiger partial charge in [-0.05, 0) is 18.1 Å².